The molecule has 1 aromatic rings. The van der Waals surface area contributed by atoms with Crippen LogP contribution in [0.4, 0.5) is 5.95 Å². The van der Waals surface area contributed by atoms with Crippen LogP contribution in [0.5, 0.6) is 6.01 Å². The molecule has 0 N–H and O–H groups in total. The number of hydrogen-bond acceptors (Lipinski definition) is 6. The van der Waals surface area contributed by atoms with E-state index in [0.717, 1.165) is 18.1 Å². The lowest BCUT2D eigenvalue weighted by atomic mass is 10.3. The molecule has 1 atom stereocenters. The Labute approximate surface area is 104 Å². The van der Waals surface area contributed by atoms with E-state index >= 15 is 0 Å². The molecule has 2 heterocycles. The number of methoxy groups -OCH3 is 1. The summed E-state index contributed by atoms with van der Waals surface area (Å²) in [4.78, 5) is 14.3. The summed E-state index contributed by atoms with van der Waals surface area (Å²) in [7, 11) is 1.52. The molecule has 0 bridgehead atoms. The summed E-state index contributed by atoms with van der Waals surface area (Å²) in [5.41, 5.74) is 0. The zero-order chi connectivity index (χ0) is 11.5. The van der Waals surface area contributed by atoms with E-state index in [-0.39, 0.29) is 11.3 Å². The average molecular weight is 261 g/mol. The summed E-state index contributed by atoms with van der Waals surface area (Å²) in [6, 6.07) is 0.669. The molecule has 1 aliphatic rings. The lowest BCUT2D eigenvalue weighted by molar-refractivity contribution is 0.377. The average Bonchev–Trinajstić information content (AvgIpc) is 2.28. The van der Waals surface area contributed by atoms with Crippen molar-refractivity contribution in [2.24, 2.45) is 0 Å². The SMILES string of the molecule is COc1nc(Cl)nc(N2CCSCC2C)n1. The Morgan fingerprint density at radius 1 is 1.44 bits per heavy atom. The monoisotopic (exact) mass is 260 g/mol. The molecular formula is C9H13ClN4OS. The molecule has 0 aromatic carbocycles. The molecule has 1 aliphatic heterocycles. The lowest BCUT2D eigenvalue weighted by Crippen LogP contribution is -2.41. The molecule has 88 valence electrons. The van der Waals surface area contributed by atoms with E-state index in [1.807, 2.05) is 11.8 Å². The standard InChI is InChI=1S/C9H13ClN4OS/c1-6-5-16-4-3-14(6)8-11-7(10)12-9(13-8)15-2/h6H,3-5H2,1-2H3. The van der Waals surface area contributed by atoms with Crippen LogP contribution >= 0.6 is 23.4 Å². The van der Waals surface area contributed by atoms with Gasteiger partial charge in [0.2, 0.25) is 11.2 Å². The van der Waals surface area contributed by atoms with Gasteiger partial charge in [-0.2, -0.15) is 26.7 Å². The molecule has 7 heteroatoms. The Hall–Kier alpha value is -0.750. The van der Waals surface area contributed by atoms with Crippen molar-refractivity contribution >= 4 is 29.3 Å². The van der Waals surface area contributed by atoms with E-state index in [4.69, 9.17) is 16.3 Å². The maximum Gasteiger partial charge on any atom is 0.322 e. The normalized spacial score (nSPS) is 20.9. The fourth-order valence-corrected chi connectivity index (χ4v) is 2.73. The van der Waals surface area contributed by atoms with Crippen LogP contribution in [-0.2, 0) is 0 Å². The summed E-state index contributed by atoms with van der Waals surface area (Å²) >= 11 is 7.76. The summed E-state index contributed by atoms with van der Waals surface area (Å²) in [5.74, 6) is 2.76. The number of hydrogen-bond donors (Lipinski definition) is 0. The summed E-state index contributed by atoms with van der Waals surface area (Å²) in [6.45, 7) is 3.08. The number of anilines is 1. The Bertz CT molecular complexity index is 379. The fraction of sp³-hybridized carbons (Fsp3) is 0.667. The van der Waals surface area contributed by atoms with Gasteiger partial charge < -0.3 is 9.64 Å². The van der Waals surface area contributed by atoms with Crippen LogP contribution in [0.25, 0.3) is 0 Å². The molecule has 1 unspecified atom stereocenters. The molecule has 1 saturated heterocycles. The summed E-state index contributed by atoms with van der Waals surface area (Å²) in [6.07, 6.45) is 0. The van der Waals surface area contributed by atoms with Crippen LogP contribution in [0, 0.1) is 0 Å². The highest BCUT2D eigenvalue weighted by atomic mass is 35.5. The molecule has 2 rings (SSSR count). The summed E-state index contributed by atoms with van der Waals surface area (Å²) in [5, 5.41) is 0.173. The Morgan fingerprint density at radius 3 is 2.94 bits per heavy atom. The van der Waals surface area contributed by atoms with Crippen molar-refractivity contribution in [3.05, 3.63) is 5.28 Å². The molecule has 5 nitrogen and oxygen atoms in total. The smallest absolute Gasteiger partial charge is 0.322 e. The number of halogens is 1. The minimum Gasteiger partial charge on any atom is -0.467 e. The van der Waals surface area contributed by atoms with Crippen molar-refractivity contribution in [1.82, 2.24) is 15.0 Å². The fourth-order valence-electron chi connectivity index (χ4n) is 1.57. The van der Waals surface area contributed by atoms with E-state index in [0.29, 0.717) is 12.0 Å². The van der Waals surface area contributed by atoms with Gasteiger partial charge >= 0.3 is 6.01 Å². The van der Waals surface area contributed by atoms with Crippen LogP contribution in [0.15, 0.2) is 0 Å². The predicted octanol–water partition coefficient (Wildman–Crippen LogP) is 1.48. The second-order valence-corrected chi connectivity index (χ2v) is 5.00. The maximum atomic E-state index is 5.82. The van der Waals surface area contributed by atoms with Gasteiger partial charge in [-0.25, -0.2) is 0 Å². The van der Waals surface area contributed by atoms with Gasteiger partial charge in [-0.15, -0.1) is 0 Å². The van der Waals surface area contributed by atoms with Crippen molar-refractivity contribution < 1.29 is 4.74 Å². The zero-order valence-electron chi connectivity index (χ0n) is 9.18. The van der Waals surface area contributed by atoms with Gasteiger partial charge in [0.25, 0.3) is 0 Å². The number of nitrogens with zero attached hydrogens (tertiary/aromatic N) is 4. The number of aromatic nitrogens is 3. The zero-order valence-corrected chi connectivity index (χ0v) is 10.8. The van der Waals surface area contributed by atoms with E-state index in [1.54, 1.807) is 0 Å². The Kier molecular flexibility index (Phi) is 3.70. The molecule has 0 spiro atoms. The molecule has 0 aliphatic carbocycles. The molecular weight excluding hydrogens is 248 g/mol. The van der Waals surface area contributed by atoms with Crippen molar-refractivity contribution in [3.63, 3.8) is 0 Å². The molecule has 16 heavy (non-hydrogen) atoms. The van der Waals surface area contributed by atoms with Crippen LogP contribution < -0.4 is 9.64 Å². The Balaban J connectivity index is 2.27. The molecule has 1 aromatic heterocycles. The van der Waals surface area contributed by atoms with Gasteiger partial charge in [0.15, 0.2) is 0 Å². The number of ether oxygens (including phenoxy) is 1. The molecule has 0 amide bonds. The van der Waals surface area contributed by atoms with Crippen molar-refractivity contribution in [2.45, 2.75) is 13.0 Å². The second kappa shape index (κ2) is 5.05. The van der Waals surface area contributed by atoms with Crippen molar-refractivity contribution in [3.8, 4) is 6.01 Å². The topological polar surface area (TPSA) is 51.1 Å². The largest absolute Gasteiger partial charge is 0.467 e. The van der Waals surface area contributed by atoms with Gasteiger partial charge in [0.1, 0.15) is 0 Å². The minimum atomic E-state index is 0.173. The van der Waals surface area contributed by atoms with Crippen LogP contribution in [0.2, 0.25) is 5.28 Å². The highest BCUT2D eigenvalue weighted by Crippen LogP contribution is 2.22. The number of thioether (sulfide) groups is 1. The predicted molar refractivity (Wildman–Crippen MR) is 65.5 cm³/mol. The van der Waals surface area contributed by atoms with E-state index in [2.05, 4.69) is 26.8 Å². The summed E-state index contributed by atoms with van der Waals surface area (Å²) < 4.78 is 4.98. The van der Waals surface area contributed by atoms with Gasteiger partial charge in [0, 0.05) is 24.1 Å². The van der Waals surface area contributed by atoms with Crippen molar-refractivity contribution in [2.75, 3.05) is 30.1 Å². The minimum absolute atomic E-state index is 0.173. The quantitative estimate of drug-likeness (QED) is 0.803. The van der Waals surface area contributed by atoms with E-state index in [9.17, 15) is 0 Å². The second-order valence-electron chi connectivity index (χ2n) is 3.51. The third kappa shape index (κ3) is 2.49. The third-order valence-corrected chi connectivity index (χ3v) is 3.74. The molecule has 1 fully saturated rings. The van der Waals surface area contributed by atoms with Crippen LogP contribution in [0.1, 0.15) is 6.92 Å². The van der Waals surface area contributed by atoms with Gasteiger partial charge in [-0.3, -0.25) is 0 Å². The van der Waals surface area contributed by atoms with E-state index in [1.165, 1.54) is 7.11 Å². The van der Waals surface area contributed by atoms with Gasteiger partial charge in [-0.1, -0.05) is 0 Å². The van der Waals surface area contributed by atoms with Crippen LogP contribution in [-0.4, -0.2) is 46.2 Å². The number of rotatable bonds is 2. The molecule has 0 saturated carbocycles. The first-order valence-electron chi connectivity index (χ1n) is 5.00. The van der Waals surface area contributed by atoms with Crippen LogP contribution in [0.3, 0.4) is 0 Å². The first kappa shape index (κ1) is 11.7. The van der Waals surface area contributed by atoms with Crippen molar-refractivity contribution in [1.29, 1.82) is 0 Å². The highest BCUT2D eigenvalue weighted by Gasteiger charge is 2.22. The third-order valence-electron chi connectivity index (χ3n) is 2.38. The van der Waals surface area contributed by atoms with Gasteiger partial charge in [0.05, 0.1) is 7.11 Å². The first-order chi connectivity index (χ1) is 7.70. The first-order valence-corrected chi connectivity index (χ1v) is 6.54. The Morgan fingerprint density at radius 2 is 2.25 bits per heavy atom. The maximum absolute atomic E-state index is 5.82. The lowest BCUT2D eigenvalue weighted by Gasteiger charge is -2.32. The highest BCUT2D eigenvalue weighted by molar-refractivity contribution is 7.99. The van der Waals surface area contributed by atoms with Gasteiger partial charge in [-0.05, 0) is 18.5 Å². The molecule has 0 radical (unpaired) electrons. The van der Waals surface area contributed by atoms with E-state index < -0.39 is 0 Å².